The van der Waals surface area contributed by atoms with Gasteiger partial charge < -0.3 is 5.73 Å². The fraction of sp³-hybridized carbons (Fsp3) is 1.00. The van der Waals surface area contributed by atoms with Gasteiger partial charge in [-0.15, -0.1) is 0 Å². The van der Waals surface area contributed by atoms with Crippen LogP contribution in [0.15, 0.2) is 0 Å². The van der Waals surface area contributed by atoms with Gasteiger partial charge in [-0.3, -0.25) is 0 Å². The topological polar surface area (TPSA) is 27.6 Å². The Labute approximate surface area is 103 Å². The third-order valence-electron chi connectivity index (χ3n) is 3.35. The molecule has 0 amide bonds. The molecular weight excluding hydrogens is 194 g/mol. The van der Waals surface area contributed by atoms with E-state index in [2.05, 4.69) is 12.7 Å². The average Bonchev–Trinajstić information content (AvgIpc) is 2.31. The highest BCUT2D eigenvalue weighted by atomic mass is 14.5. The Morgan fingerprint density at radius 3 is 1.12 bits per heavy atom. The molecule has 1 heteroatoms. The largest absolute Gasteiger partial charge is 0.358 e. The van der Waals surface area contributed by atoms with Crippen LogP contribution in [0, 0.1) is 0 Å². The second kappa shape index (κ2) is 15.0. The van der Waals surface area contributed by atoms with Crippen LogP contribution >= 0.6 is 0 Å². The van der Waals surface area contributed by atoms with Crippen LogP contribution in [-0.4, -0.2) is 6.54 Å². The van der Waals surface area contributed by atoms with Crippen molar-refractivity contribution in [3.63, 3.8) is 0 Å². The fourth-order valence-corrected chi connectivity index (χ4v) is 2.19. The predicted molar refractivity (Wildman–Crippen MR) is 73.5 cm³/mol. The van der Waals surface area contributed by atoms with Gasteiger partial charge in [0.2, 0.25) is 0 Å². The Hall–Kier alpha value is -0.0400. The molecule has 3 N–H and O–H groups in total. The van der Waals surface area contributed by atoms with Crippen LogP contribution in [0.25, 0.3) is 0 Å². The van der Waals surface area contributed by atoms with E-state index in [0.717, 1.165) is 6.54 Å². The van der Waals surface area contributed by atoms with Gasteiger partial charge in [0.1, 0.15) is 0 Å². The Morgan fingerprint density at radius 2 is 0.812 bits per heavy atom. The van der Waals surface area contributed by atoms with Gasteiger partial charge in [-0.25, -0.2) is 0 Å². The van der Waals surface area contributed by atoms with Crippen molar-refractivity contribution in [1.29, 1.82) is 0 Å². The first kappa shape index (κ1) is 16.0. The molecule has 16 heavy (non-hydrogen) atoms. The molecule has 0 aliphatic rings. The molecule has 0 radical (unpaired) electrons. The van der Waals surface area contributed by atoms with Gasteiger partial charge in [0, 0.05) is 0 Å². The van der Waals surface area contributed by atoms with E-state index >= 15 is 0 Å². The molecule has 0 saturated carbocycles. The zero-order chi connectivity index (χ0) is 11.9. The van der Waals surface area contributed by atoms with Gasteiger partial charge in [-0.2, -0.15) is 0 Å². The fourth-order valence-electron chi connectivity index (χ4n) is 2.19. The van der Waals surface area contributed by atoms with Gasteiger partial charge in [0.25, 0.3) is 0 Å². The maximum absolute atomic E-state index is 3.87. The SMILES string of the molecule is CCCCCCCCCCCCCCC[NH3+]. The van der Waals surface area contributed by atoms with Crippen molar-refractivity contribution in [2.75, 3.05) is 6.54 Å². The summed E-state index contributed by atoms with van der Waals surface area (Å²) in [5.74, 6) is 0. The predicted octanol–water partition coefficient (Wildman–Crippen LogP) is 4.32. The Kier molecular flexibility index (Phi) is 14.9. The Balaban J connectivity index is 2.83. The summed E-state index contributed by atoms with van der Waals surface area (Å²) >= 11 is 0. The standard InChI is InChI=1S/C15H33N/c1-2-3-4-5-6-7-8-9-10-11-12-13-14-15-16/h2-16H2,1H3/p+1. The quantitative estimate of drug-likeness (QED) is 0.455. The lowest BCUT2D eigenvalue weighted by molar-refractivity contribution is -0.368. The minimum absolute atomic E-state index is 1.12. The lowest BCUT2D eigenvalue weighted by Gasteiger charge is -2.02. The lowest BCUT2D eigenvalue weighted by atomic mass is 10.0. The van der Waals surface area contributed by atoms with Gasteiger partial charge in [-0.05, 0) is 12.8 Å². The van der Waals surface area contributed by atoms with E-state index in [0.29, 0.717) is 0 Å². The third-order valence-corrected chi connectivity index (χ3v) is 3.35. The van der Waals surface area contributed by atoms with Crippen molar-refractivity contribution in [3.05, 3.63) is 0 Å². The summed E-state index contributed by atoms with van der Waals surface area (Å²) in [6.07, 6.45) is 18.7. The van der Waals surface area contributed by atoms with Crippen LogP contribution in [-0.2, 0) is 0 Å². The average molecular weight is 228 g/mol. The molecule has 0 bridgehead atoms. The summed E-state index contributed by atoms with van der Waals surface area (Å²) in [5.41, 5.74) is 3.87. The third kappa shape index (κ3) is 14.0. The molecule has 0 aromatic rings. The zero-order valence-corrected chi connectivity index (χ0v) is 11.6. The molecule has 98 valence electrons. The Bertz CT molecular complexity index is 98.0. The van der Waals surface area contributed by atoms with Crippen LogP contribution in [0.3, 0.4) is 0 Å². The summed E-state index contributed by atoms with van der Waals surface area (Å²) in [6, 6.07) is 0. The minimum Gasteiger partial charge on any atom is -0.358 e. The highest BCUT2D eigenvalue weighted by Crippen LogP contribution is 2.12. The van der Waals surface area contributed by atoms with E-state index in [1.807, 2.05) is 0 Å². The number of unbranched alkanes of at least 4 members (excludes halogenated alkanes) is 12. The molecule has 0 saturated heterocycles. The van der Waals surface area contributed by atoms with Gasteiger partial charge in [0.15, 0.2) is 0 Å². The van der Waals surface area contributed by atoms with Crippen LogP contribution in [0.4, 0.5) is 0 Å². The van der Waals surface area contributed by atoms with Crippen LogP contribution in [0.2, 0.25) is 0 Å². The molecule has 0 aromatic heterocycles. The van der Waals surface area contributed by atoms with E-state index in [-0.39, 0.29) is 0 Å². The molecule has 1 nitrogen and oxygen atoms in total. The van der Waals surface area contributed by atoms with Crippen molar-refractivity contribution in [2.45, 2.75) is 90.4 Å². The molecule has 0 aliphatic carbocycles. The summed E-state index contributed by atoms with van der Waals surface area (Å²) in [6.45, 7) is 3.41. The van der Waals surface area contributed by atoms with Crippen molar-refractivity contribution in [3.8, 4) is 0 Å². The maximum atomic E-state index is 3.87. The Morgan fingerprint density at radius 1 is 0.500 bits per heavy atom. The molecule has 0 heterocycles. The molecular formula is C15H34N+. The number of rotatable bonds is 13. The van der Waals surface area contributed by atoms with Crippen LogP contribution < -0.4 is 5.73 Å². The maximum Gasteiger partial charge on any atom is 0.0739 e. The molecule has 0 rings (SSSR count). The van der Waals surface area contributed by atoms with Gasteiger partial charge >= 0.3 is 0 Å². The van der Waals surface area contributed by atoms with Gasteiger partial charge in [-0.1, -0.05) is 77.6 Å². The van der Waals surface area contributed by atoms with E-state index in [9.17, 15) is 0 Å². The highest BCUT2D eigenvalue weighted by molar-refractivity contribution is 4.48. The summed E-state index contributed by atoms with van der Waals surface area (Å²) in [4.78, 5) is 0. The first-order valence-electron chi connectivity index (χ1n) is 7.71. The van der Waals surface area contributed by atoms with E-state index in [4.69, 9.17) is 0 Å². The number of hydrogen-bond donors (Lipinski definition) is 1. The summed E-state index contributed by atoms with van der Waals surface area (Å²) in [5, 5.41) is 0. The van der Waals surface area contributed by atoms with Crippen molar-refractivity contribution in [1.82, 2.24) is 0 Å². The molecule has 0 aliphatic heterocycles. The second-order valence-corrected chi connectivity index (χ2v) is 5.10. The molecule has 0 atom stereocenters. The molecule has 0 unspecified atom stereocenters. The molecule has 0 spiro atoms. The molecule has 0 aromatic carbocycles. The van der Waals surface area contributed by atoms with E-state index in [1.165, 1.54) is 83.5 Å². The van der Waals surface area contributed by atoms with Crippen molar-refractivity contribution < 1.29 is 5.73 Å². The number of hydrogen-bond acceptors (Lipinski definition) is 0. The summed E-state index contributed by atoms with van der Waals surface area (Å²) in [7, 11) is 0. The first-order valence-corrected chi connectivity index (χ1v) is 7.71. The monoisotopic (exact) mass is 228 g/mol. The normalized spacial score (nSPS) is 10.9. The van der Waals surface area contributed by atoms with E-state index in [1.54, 1.807) is 0 Å². The first-order chi connectivity index (χ1) is 7.91. The van der Waals surface area contributed by atoms with Crippen molar-refractivity contribution in [2.24, 2.45) is 0 Å². The zero-order valence-electron chi connectivity index (χ0n) is 11.6. The number of quaternary nitrogens is 1. The smallest absolute Gasteiger partial charge is 0.0739 e. The second-order valence-electron chi connectivity index (χ2n) is 5.10. The van der Waals surface area contributed by atoms with Gasteiger partial charge in [0.05, 0.1) is 6.54 Å². The van der Waals surface area contributed by atoms with Crippen molar-refractivity contribution >= 4 is 0 Å². The summed E-state index contributed by atoms with van der Waals surface area (Å²) < 4.78 is 0. The lowest BCUT2D eigenvalue weighted by Crippen LogP contribution is -2.50. The highest BCUT2D eigenvalue weighted by Gasteiger charge is 1.93. The minimum atomic E-state index is 1.12. The van der Waals surface area contributed by atoms with Crippen LogP contribution in [0.1, 0.15) is 90.4 Å². The molecule has 0 fully saturated rings. The van der Waals surface area contributed by atoms with E-state index < -0.39 is 0 Å². The van der Waals surface area contributed by atoms with Crippen LogP contribution in [0.5, 0.6) is 0 Å².